The van der Waals surface area contributed by atoms with Crippen LogP contribution in [0.4, 0.5) is 0 Å². The quantitative estimate of drug-likeness (QED) is 0.397. The van der Waals surface area contributed by atoms with Crippen LogP contribution < -0.4 is 11.5 Å². The SMILES string of the molecule is NC(=O)CCCCC(N)=O.OCCCCCCCCO. The van der Waals surface area contributed by atoms with Crippen molar-refractivity contribution in [2.45, 2.75) is 64.2 Å². The third-order valence-electron chi connectivity index (χ3n) is 2.66. The molecule has 0 radical (unpaired) electrons. The summed E-state index contributed by atoms with van der Waals surface area (Å²) >= 11 is 0. The zero-order valence-electron chi connectivity index (χ0n) is 12.4. The lowest BCUT2D eigenvalue weighted by molar-refractivity contribution is -0.119. The van der Waals surface area contributed by atoms with Crippen molar-refractivity contribution in [3.63, 3.8) is 0 Å². The van der Waals surface area contributed by atoms with E-state index in [9.17, 15) is 9.59 Å². The van der Waals surface area contributed by atoms with Crippen molar-refractivity contribution in [1.29, 1.82) is 0 Å². The summed E-state index contributed by atoms with van der Waals surface area (Å²) in [5.74, 6) is -0.658. The summed E-state index contributed by atoms with van der Waals surface area (Å²) in [4.78, 5) is 20.3. The fraction of sp³-hybridized carbons (Fsp3) is 0.857. The normalized spacial score (nSPS) is 9.70. The largest absolute Gasteiger partial charge is 0.396 e. The van der Waals surface area contributed by atoms with Crippen LogP contribution in [0.1, 0.15) is 64.2 Å². The Labute approximate surface area is 121 Å². The smallest absolute Gasteiger partial charge is 0.217 e. The topological polar surface area (TPSA) is 127 Å². The fourth-order valence-corrected chi connectivity index (χ4v) is 1.53. The second kappa shape index (κ2) is 17.9. The highest BCUT2D eigenvalue weighted by Gasteiger charge is 1.96. The van der Waals surface area contributed by atoms with Crippen LogP contribution in [-0.4, -0.2) is 35.2 Å². The van der Waals surface area contributed by atoms with Crippen molar-refractivity contribution < 1.29 is 19.8 Å². The number of aliphatic hydroxyl groups excluding tert-OH is 2. The van der Waals surface area contributed by atoms with Gasteiger partial charge in [-0.1, -0.05) is 25.7 Å². The van der Waals surface area contributed by atoms with E-state index in [-0.39, 0.29) is 11.8 Å². The lowest BCUT2D eigenvalue weighted by Gasteiger charge is -1.97. The Morgan fingerprint density at radius 3 is 1.15 bits per heavy atom. The molecule has 0 aromatic carbocycles. The van der Waals surface area contributed by atoms with Crippen LogP contribution in [0.5, 0.6) is 0 Å². The second-order valence-electron chi connectivity index (χ2n) is 4.71. The van der Waals surface area contributed by atoms with Crippen LogP contribution in [-0.2, 0) is 9.59 Å². The number of rotatable bonds is 12. The molecule has 0 fully saturated rings. The summed E-state index contributed by atoms with van der Waals surface area (Å²) in [5, 5.41) is 16.9. The van der Waals surface area contributed by atoms with Crippen LogP contribution >= 0.6 is 0 Å². The Bertz CT molecular complexity index is 211. The molecule has 0 bridgehead atoms. The lowest BCUT2D eigenvalue weighted by Crippen LogP contribution is -2.12. The summed E-state index contributed by atoms with van der Waals surface area (Å²) in [6.07, 6.45) is 8.49. The highest BCUT2D eigenvalue weighted by Crippen LogP contribution is 2.03. The average Bonchev–Trinajstić information content (AvgIpc) is 2.39. The minimum absolute atomic E-state index is 0.319. The Morgan fingerprint density at radius 2 is 0.900 bits per heavy atom. The van der Waals surface area contributed by atoms with Gasteiger partial charge in [0.15, 0.2) is 0 Å². The zero-order chi connectivity index (χ0) is 15.6. The van der Waals surface area contributed by atoms with Gasteiger partial charge in [-0.25, -0.2) is 0 Å². The van der Waals surface area contributed by atoms with Gasteiger partial charge >= 0.3 is 0 Å². The van der Waals surface area contributed by atoms with Crippen LogP contribution in [0.3, 0.4) is 0 Å². The van der Waals surface area contributed by atoms with Gasteiger partial charge in [0.1, 0.15) is 0 Å². The number of hydrogen-bond acceptors (Lipinski definition) is 4. The van der Waals surface area contributed by atoms with Crippen molar-refractivity contribution in [3.8, 4) is 0 Å². The molecular formula is C14H30N2O4. The summed E-state index contributed by atoms with van der Waals surface area (Å²) < 4.78 is 0. The van der Waals surface area contributed by atoms with E-state index in [4.69, 9.17) is 21.7 Å². The molecule has 0 aromatic rings. The molecule has 0 aromatic heterocycles. The zero-order valence-corrected chi connectivity index (χ0v) is 12.4. The van der Waals surface area contributed by atoms with E-state index in [0.717, 1.165) is 25.7 Å². The minimum Gasteiger partial charge on any atom is -0.396 e. The summed E-state index contributed by atoms with van der Waals surface area (Å²) in [6, 6.07) is 0. The third kappa shape index (κ3) is 25.6. The van der Waals surface area contributed by atoms with Crippen molar-refractivity contribution in [2.75, 3.05) is 13.2 Å². The monoisotopic (exact) mass is 290 g/mol. The molecule has 0 unspecified atom stereocenters. The molecule has 0 aliphatic rings. The summed E-state index contributed by atoms with van der Waals surface area (Å²) in [6.45, 7) is 0.639. The van der Waals surface area contributed by atoms with Crippen LogP contribution in [0.25, 0.3) is 0 Å². The third-order valence-corrected chi connectivity index (χ3v) is 2.66. The van der Waals surface area contributed by atoms with Crippen molar-refractivity contribution >= 4 is 11.8 Å². The van der Waals surface area contributed by atoms with E-state index in [0.29, 0.717) is 38.9 Å². The fourth-order valence-electron chi connectivity index (χ4n) is 1.53. The minimum atomic E-state index is -0.329. The lowest BCUT2D eigenvalue weighted by atomic mass is 10.1. The highest BCUT2D eigenvalue weighted by molar-refractivity contribution is 5.74. The Morgan fingerprint density at radius 1 is 0.600 bits per heavy atom. The number of amides is 2. The molecule has 0 saturated carbocycles. The predicted octanol–water partition coefficient (Wildman–Crippen LogP) is 0.829. The van der Waals surface area contributed by atoms with Crippen LogP contribution in [0.2, 0.25) is 0 Å². The van der Waals surface area contributed by atoms with Crippen LogP contribution in [0.15, 0.2) is 0 Å². The number of carbonyl (C=O) groups excluding carboxylic acids is 2. The number of primary amides is 2. The van der Waals surface area contributed by atoms with E-state index in [2.05, 4.69) is 0 Å². The summed E-state index contributed by atoms with van der Waals surface area (Å²) in [7, 11) is 0. The van der Waals surface area contributed by atoms with E-state index in [1.165, 1.54) is 12.8 Å². The maximum Gasteiger partial charge on any atom is 0.217 e. The van der Waals surface area contributed by atoms with E-state index < -0.39 is 0 Å². The molecule has 120 valence electrons. The van der Waals surface area contributed by atoms with Gasteiger partial charge in [0.25, 0.3) is 0 Å². The van der Waals surface area contributed by atoms with Gasteiger partial charge in [0.2, 0.25) is 11.8 Å². The number of aliphatic hydroxyl groups is 2. The van der Waals surface area contributed by atoms with Gasteiger partial charge in [0.05, 0.1) is 0 Å². The van der Waals surface area contributed by atoms with Gasteiger partial charge in [-0.15, -0.1) is 0 Å². The molecule has 6 heteroatoms. The first kappa shape index (κ1) is 21.2. The first-order valence-corrected chi connectivity index (χ1v) is 7.33. The maximum absolute atomic E-state index is 10.2. The molecule has 6 N–H and O–H groups in total. The molecule has 6 nitrogen and oxygen atoms in total. The second-order valence-corrected chi connectivity index (χ2v) is 4.71. The van der Waals surface area contributed by atoms with Gasteiger partial charge in [0, 0.05) is 26.1 Å². The van der Waals surface area contributed by atoms with E-state index >= 15 is 0 Å². The Hall–Kier alpha value is -1.14. The standard InChI is InChI=1S/C8H18O2.C6H12N2O2/c9-7-5-3-1-2-4-6-8-10;7-5(9)3-1-2-4-6(8)10/h9-10H,1-8H2;1-4H2,(H2,7,9)(H2,8,10). The van der Waals surface area contributed by atoms with Crippen molar-refractivity contribution in [2.24, 2.45) is 11.5 Å². The number of unbranched alkanes of at least 4 members (excludes halogenated alkanes) is 6. The molecule has 20 heavy (non-hydrogen) atoms. The number of carbonyl (C=O) groups is 2. The van der Waals surface area contributed by atoms with Crippen molar-refractivity contribution in [3.05, 3.63) is 0 Å². The first-order chi connectivity index (χ1) is 9.54. The average molecular weight is 290 g/mol. The molecule has 0 heterocycles. The first-order valence-electron chi connectivity index (χ1n) is 7.33. The van der Waals surface area contributed by atoms with Gasteiger partial charge < -0.3 is 21.7 Å². The molecule has 0 rings (SSSR count). The molecular weight excluding hydrogens is 260 g/mol. The van der Waals surface area contributed by atoms with E-state index in [1.54, 1.807) is 0 Å². The van der Waals surface area contributed by atoms with Gasteiger partial charge in [-0.05, 0) is 25.7 Å². The summed E-state index contributed by atoms with van der Waals surface area (Å²) in [5.41, 5.74) is 9.71. The maximum atomic E-state index is 10.2. The van der Waals surface area contributed by atoms with Crippen LogP contribution in [0, 0.1) is 0 Å². The molecule has 0 aliphatic carbocycles. The number of hydrogen-bond donors (Lipinski definition) is 4. The molecule has 0 atom stereocenters. The van der Waals surface area contributed by atoms with E-state index in [1.807, 2.05) is 0 Å². The van der Waals surface area contributed by atoms with Gasteiger partial charge in [-0.2, -0.15) is 0 Å². The Balaban J connectivity index is 0. The predicted molar refractivity (Wildman–Crippen MR) is 78.7 cm³/mol. The highest BCUT2D eigenvalue weighted by atomic mass is 16.3. The molecule has 2 amide bonds. The van der Waals surface area contributed by atoms with Crippen molar-refractivity contribution in [1.82, 2.24) is 0 Å². The molecule has 0 saturated heterocycles. The Kier molecular flexibility index (Phi) is 18.9. The number of nitrogens with two attached hydrogens (primary N) is 2. The van der Waals surface area contributed by atoms with Gasteiger partial charge in [-0.3, -0.25) is 9.59 Å². The molecule has 0 aliphatic heterocycles. The molecule has 0 spiro atoms.